The molecule has 3 aromatic rings. The molecule has 0 fully saturated rings. The molecule has 0 bridgehead atoms. The monoisotopic (exact) mass is 403 g/mol. The number of carbonyl (C=O) groups excluding carboxylic acids is 3. The van der Waals surface area contributed by atoms with Crippen molar-refractivity contribution in [2.75, 3.05) is 10.6 Å². The lowest BCUT2D eigenvalue weighted by Crippen LogP contribution is -2.16. The van der Waals surface area contributed by atoms with Crippen LogP contribution in [0.5, 0.6) is 0 Å². The van der Waals surface area contributed by atoms with Crippen molar-refractivity contribution in [1.82, 2.24) is 19.9 Å². The molecule has 4 N–H and O–H groups in total. The number of nitrogens with two attached hydrogens (primary N) is 1. The molecule has 0 saturated heterocycles. The predicted octanol–water partition coefficient (Wildman–Crippen LogP) is 0.851. The average Bonchev–Trinajstić information content (AvgIpc) is 3.24. The molecule has 0 aromatic carbocycles. The van der Waals surface area contributed by atoms with Crippen LogP contribution in [0.3, 0.4) is 0 Å². The van der Waals surface area contributed by atoms with Crippen molar-refractivity contribution in [3.05, 3.63) is 46.4 Å². The largest absolute Gasteiger partial charge is 0.369 e. The van der Waals surface area contributed by atoms with Crippen molar-refractivity contribution in [2.24, 2.45) is 5.73 Å². The number of nitrogens with one attached hydrogen (secondary N) is 2. The summed E-state index contributed by atoms with van der Waals surface area (Å²) in [5.41, 5.74) is 6.10. The van der Waals surface area contributed by atoms with E-state index in [4.69, 9.17) is 5.73 Å². The fraction of sp³-hybridized carbons (Fsp3) is 0.133. The Bertz CT molecular complexity index is 971. The van der Waals surface area contributed by atoms with Gasteiger partial charge in [0.15, 0.2) is 10.3 Å². The zero-order valence-corrected chi connectivity index (χ0v) is 15.3. The maximum atomic E-state index is 12.1. The van der Waals surface area contributed by atoms with Crippen LogP contribution in [0.15, 0.2) is 29.2 Å². The lowest BCUT2D eigenvalue weighted by molar-refractivity contribution is -0.117. The van der Waals surface area contributed by atoms with Crippen molar-refractivity contribution in [2.45, 2.75) is 12.8 Å². The minimum Gasteiger partial charge on any atom is -0.369 e. The smallest absolute Gasteiger partial charge is 0.295 e. The van der Waals surface area contributed by atoms with E-state index in [1.165, 1.54) is 35.1 Å². The fourth-order valence-electron chi connectivity index (χ4n) is 1.97. The lowest BCUT2D eigenvalue weighted by Gasteiger charge is -2.00. The molecule has 0 aliphatic rings. The first kappa shape index (κ1) is 18.5. The zero-order valence-electron chi connectivity index (χ0n) is 13.7. The highest BCUT2D eigenvalue weighted by Crippen LogP contribution is 2.18. The predicted molar refractivity (Wildman–Crippen MR) is 99.4 cm³/mol. The maximum Gasteiger partial charge on any atom is 0.295 e. The van der Waals surface area contributed by atoms with E-state index < -0.39 is 11.8 Å². The summed E-state index contributed by atoms with van der Waals surface area (Å²) in [5, 5.41) is 9.25. The number of nitrogens with zero attached hydrogens (tertiary/aromatic N) is 4. The summed E-state index contributed by atoms with van der Waals surface area (Å²) in [7, 11) is 0. The van der Waals surface area contributed by atoms with Gasteiger partial charge < -0.3 is 11.1 Å². The van der Waals surface area contributed by atoms with Gasteiger partial charge in [0.2, 0.25) is 17.6 Å². The highest BCUT2D eigenvalue weighted by Gasteiger charge is 2.14. The number of primary amides is 1. The van der Waals surface area contributed by atoms with Crippen LogP contribution in [0.2, 0.25) is 0 Å². The molecule has 0 radical (unpaired) electrons. The number of hydrogen-bond acceptors (Lipinski definition) is 9. The molecular weight excluding hydrogens is 390 g/mol. The highest BCUT2D eigenvalue weighted by atomic mass is 32.1. The summed E-state index contributed by atoms with van der Waals surface area (Å²) >= 11 is 2.39. The zero-order chi connectivity index (χ0) is 19.2. The minimum atomic E-state index is -0.490. The Morgan fingerprint density at radius 2 is 1.52 bits per heavy atom. The lowest BCUT2D eigenvalue weighted by atomic mass is 10.3. The average molecular weight is 403 g/mol. The van der Waals surface area contributed by atoms with E-state index in [1.807, 2.05) is 0 Å². The van der Waals surface area contributed by atoms with E-state index >= 15 is 0 Å². The van der Waals surface area contributed by atoms with Gasteiger partial charge in [-0.3, -0.25) is 19.7 Å². The van der Waals surface area contributed by atoms with Crippen molar-refractivity contribution in [3.8, 4) is 0 Å². The quantitative estimate of drug-likeness (QED) is 0.528. The molecule has 3 amide bonds. The number of rotatable bonds is 7. The van der Waals surface area contributed by atoms with Crippen molar-refractivity contribution < 1.29 is 14.4 Å². The number of thiazole rings is 2. The van der Waals surface area contributed by atoms with Gasteiger partial charge in [-0.2, -0.15) is 0 Å². The Morgan fingerprint density at radius 3 is 2.15 bits per heavy atom. The summed E-state index contributed by atoms with van der Waals surface area (Å²) < 4.78 is 0. The molecule has 3 heterocycles. The Balaban J connectivity index is 1.54. The first-order chi connectivity index (χ1) is 13.0. The molecule has 0 saturated carbocycles. The number of aromatic nitrogens is 4. The highest BCUT2D eigenvalue weighted by molar-refractivity contribution is 7.14. The van der Waals surface area contributed by atoms with Crippen molar-refractivity contribution in [1.29, 1.82) is 0 Å². The molecule has 0 aliphatic heterocycles. The number of hydrogen-bond donors (Lipinski definition) is 3. The van der Waals surface area contributed by atoms with Crippen LogP contribution in [0.4, 0.5) is 10.3 Å². The molecule has 3 rings (SSSR count). The van der Waals surface area contributed by atoms with Gasteiger partial charge in [0.25, 0.3) is 5.91 Å². The number of anilines is 2. The second-order valence-electron chi connectivity index (χ2n) is 5.18. The SMILES string of the molecule is NC(=O)Cc1csc(NC(=O)Cc2csc(NC(=O)c3ncccn3)n2)n1. The standard InChI is InChI=1S/C15H13N7O3S2/c16-10(23)4-8-6-26-14(19-8)21-11(24)5-9-7-27-15(20-9)22-13(25)12-17-2-1-3-18-12/h1-3,6-7H,4-5H2,(H2,16,23)(H,19,21,24)(H,20,22,25). The van der Waals surface area contributed by atoms with Crippen LogP contribution in [0.1, 0.15) is 22.0 Å². The Kier molecular flexibility index (Phi) is 5.78. The fourth-order valence-corrected chi connectivity index (χ4v) is 3.40. The van der Waals surface area contributed by atoms with E-state index in [0.29, 0.717) is 21.7 Å². The second kappa shape index (κ2) is 8.42. The van der Waals surface area contributed by atoms with Crippen LogP contribution in [0.25, 0.3) is 0 Å². The summed E-state index contributed by atoms with van der Waals surface area (Å²) in [6, 6.07) is 1.61. The maximum absolute atomic E-state index is 12.1. The number of amides is 3. The summed E-state index contributed by atoms with van der Waals surface area (Å²) in [5.74, 6) is -1.26. The van der Waals surface area contributed by atoms with Crippen molar-refractivity contribution in [3.63, 3.8) is 0 Å². The van der Waals surface area contributed by atoms with Gasteiger partial charge >= 0.3 is 0 Å². The van der Waals surface area contributed by atoms with Crippen molar-refractivity contribution >= 4 is 50.7 Å². The van der Waals surface area contributed by atoms with Gasteiger partial charge in [-0.25, -0.2) is 19.9 Å². The van der Waals surface area contributed by atoms with Crippen LogP contribution < -0.4 is 16.4 Å². The van der Waals surface area contributed by atoms with Gasteiger partial charge in [-0.05, 0) is 6.07 Å². The Morgan fingerprint density at radius 1 is 0.926 bits per heavy atom. The van der Waals surface area contributed by atoms with Crippen LogP contribution in [0, 0.1) is 0 Å². The molecule has 0 atom stereocenters. The minimum absolute atomic E-state index is 0.0128. The van der Waals surface area contributed by atoms with Crippen LogP contribution in [-0.4, -0.2) is 37.7 Å². The summed E-state index contributed by atoms with van der Waals surface area (Å²) in [6.07, 6.45) is 2.96. The third kappa shape index (κ3) is 5.36. The number of carbonyl (C=O) groups is 3. The topological polar surface area (TPSA) is 153 Å². The van der Waals surface area contributed by atoms with E-state index in [9.17, 15) is 14.4 Å². The van der Waals surface area contributed by atoms with E-state index in [2.05, 4.69) is 30.6 Å². The first-order valence-corrected chi connectivity index (χ1v) is 9.31. The van der Waals surface area contributed by atoms with E-state index in [0.717, 1.165) is 0 Å². The molecular formula is C15H13N7O3S2. The van der Waals surface area contributed by atoms with Gasteiger partial charge in [-0.1, -0.05) is 0 Å². The van der Waals surface area contributed by atoms with Gasteiger partial charge in [-0.15, -0.1) is 22.7 Å². The normalized spacial score (nSPS) is 10.4. The van der Waals surface area contributed by atoms with E-state index in [1.54, 1.807) is 16.8 Å². The van der Waals surface area contributed by atoms with Gasteiger partial charge in [0, 0.05) is 23.2 Å². The Labute approximate surface area is 160 Å². The molecule has 0 aliphatic carbocycles. The van der Waals surface area contributed by atoms with Crippen LogP contribution >= 0.6 is 22.7 Å². The third-order valence-electron chi connectivity index (χ3n) is 3.04. The molecule has 0 spiro atoms. The Hall–Kier alpha value is -3.25. The molecule has 10 nitrogen and oxygen atoms in total. The first-order valence-electron chi connectivity index (χ1n) is 7.55. The summed E-state index contributed by atoms with van der Waals surface area (Å²) in [4.78, 5) is 50.9. The molecule has 27 heavy (non-hydrogen) atoms. The van der Waals surface area contributed by atoms with Crippen LogP contribution in [-0.2, 0) is 22.4 Å². The molecule has 3 aromatic heterocycles. The molecule has 12 heteroatoms. The van der Waals surface area contributed by atoms with Gasteiger partial charge in [0.1, 0.15) is 0 Å². The van der Waals surface area contributed by atoms with E-state index in [-0.39, 0.29) is 24.6 Å². The molecule has 0 unspecified atom stereocenters. The van der Waals surface area contributed by atoms with Gasteiger partial charge in [0.05, 0.1) is 24.2 Å². The third-order valence-corrected chi connectivity index (χ3v) is 4.65. The summed E-state index contributed by atoms with van der Waals surface area (Å²) in [6.45, 7) is 0. The second-order valence-corrected chi connectivity index (χ2v) is 6.90. The molecule has 138 valence electrons.